The van der Waals surface area contributed by atoms with Gasteiger partial charge in [0.05, 0.1) is 16.7 Å². The summed E-state index contributed by atoms with van der Waals surface area (Å²) in [4.78, 5) is 4.62. The van der Waals surface area contributed by atoms with Crippen LogP contribution in [-0.4, -0.2) is 27.1 Å². The Morgan fingerprint density at radius 2 is 2.21 bits per heavy atom. The van der Waals surface area contributed by atoms with E-state index in [1.807, 2.05) is 0 Å². The number of nitrogens with two attached hydrogens (primary N) is 1. The molecule has 0 saturated heterocycles. The highest BCUT2D eigenvalue weighted by Gasteiger charge is 2.22. The van der Waals surface area contributed by atoms with E-state index >= 15 is 0 Å². The van der Waals surface area contributed by atoms with Gasteiger partial charge in [-0.05, 0) is 19.1 Å². The molecule has 4 N–H and O–H groups in total. The number of hydrogen-bond donors (Lipinski definition) is 4. The number of anilines is 1. The van der Waals surface area contributed by atoms with E-state index in [1.165, 1.54) is 11.3 Å². The topological polar surface area (TPSA) is 79.4 Å². The van der Waals surface area contributed by atoms with Gasteiger partial charge in [0.2, 0.25) is 0 Å². The maximum Gasteiger partial charge on any atom is 0.180 e. The van der Waals surface area contributed by atoms with Crippen LogP contribution >= 0.6 is 24.0 Å². The number of thiol groups is 1. The molecule has 0 aliphatic heterocycles. The van der Waals surface area contributed by atoms with E-state index in [-0.39, 0.29) is 0 Å². The summed E-state index contributed by atoms with van der Waals surface area (Å²) in [5.74, 6) is 0.533. The normalized spacial score (nSPS) is 15.4. The molecule has 4 nitrogen and oxygen atoms in total. The standard InChI is InChI=1S/C8H14N2O2S2/c1-4-7(14-8(9)10-4)6(12)5(11)2-3-13/h5-6,11-13H,2-3H2,1H3,(H2,9,10). The van der Waals surface area contributed by atoms with Crippen molar-refractivity contribution in [2.75, 3.05) is 11.5 Å². The number of aromatic nitrogens is 1. The van der Waals surface area contributed by atoms with Crippen molar-refractivity contribution in [1.29, 1.82) is 0 Å². The van der Waals surface area contributed by atoms with Crippen LogP contribution in [0.2, 0.25) is 0 Å². The number of rotatable bonds is 4. The molecule has 0 spiro atoms. The van der Waals surface area contributed by atoms with Crippen molar-refractivity contribution in [2.24, 2.45) is 0 Å². The molecule has 0 aliphatic rings. The fourth-order valence-electron chi connectivity index (χ4n) is 1.17. The number of nitrogen functional groups attached to an aromatic ring is 1. The Kier molecular flexibility index (Phi) is 4.18. The fraction of sp³-hybridized carbons (Fsp3) is 0.625. The minimum atomic E-state index is -0.906. The molecule has 0 radical (unpaired) electrons. The molecule has 14 heavy (non-hydrogen) atoms. The van der Waals surface area contributed by atoms with Gasteiger partial charge in [-0.1, -0.05) is 11.3 Å². The zero-order valence-corrected chi connectivity index (χ0v) is 9.55. The maximum atomic E-state index is 9.75. The smallest absolute Gasteiger partial charge is 0.180 e. The number of aryl methyl sites for hydroxylation is 1. The molecule has 1 aromatic rings. The molecule has 1 heterocycles. The largest absolute Gasteiger partial charge is 0.390 e. The molecule has 0 fully saturated rings. The lowest BCUT2D eigenvalue weighted by Crippen LogP contribution is -2.18. The Hall–Kier alpha value is -0.300. The lowest BCUT2D eigenvalue weighted by Gasteiger charge is -2.15. The van der Waals surface area contributed by atoms with Crippen LogP contribution in [0.3, 0.4) is 0 Å². The number of nitrogens with zero attached hydrogens (tertiary/aromatic N) is 1. The molecule has 2 unspecified atom stereocenters. The van der Waals surface area contributed by atoms with Gasteiger partial charge in [0, 0.05) is 0 Å². The summed E-state index contributed by atoms with van der Waals surface area (Å²) in [6, 6.07) is 0. The number of hydrogen-bond acceptors (Lipinski definition) is 6. The summed E-state index contributed by atoms with van der Waals surface area (Å²) in [5.41, 5.74) is 6.17. The van der Waals surface area contributed by atoms with Crippen molar-refractivity contribution >= 4 is 29.1 Å². The van der Waals surface area contributed by atoms with E-state index in [4.69, 9.17) is 5.73 Å². The SMILES string of the molecule is Cc1nc(N)sc1C(O)C(O)CCS. The third kappa shape index (κ3) is 2.60. The molecular weight excluding hydrogens is 220 g/mol. The van der Waals surface area contributed by atoms with Gasteiger partial charge in [0.15, 0.2) is 5.13 Å². The van der Waals surface area contributed by atoms with Crippen molar-refractivity contribution in [1.82, 2.24) is 4.98 Å². The summed E-state index contributed by atoms with van der Waals surface area (Å²) in [7, 11) is 0. The molecule has 6 heteroatoms. The zero-order chi connectivity index (χ0) is 10.7. The quantitative estimate of drug-likeness (QED) is 0.580. The monoisotopic (exact) mass is 234 g/mol. The van der Waals surface area contributed by atoms with E-state index in [0.29, 0.717) is 27.9 Å². The average Bonchev–Trinajstić information content (AvgIpc) is 2.44. The van der Waals surface area contributed by atoms with Gasteiger partial charge in [-0.15, -0.1) is 0 Å². The van der Waals surface area contributed by atoms with Crippen LogP contribution in [0.25, 0.3) is 0 Å². The molecule has 0 saturated carbocycles. The summed E-state index contributed by atoms with van der Waals surface area (Å²) in [6.07, 6.45) is -1.26. The Morgan fingerprint density at radius 1 is 1.57 bits per heavy atom. The van der Waals surface area contributed by atoms with E-state index in [9.17, 15) is 10.2 Å². The van der Waals surface area contributed by atoms with Crippen molar-refractivity contribution in [2.45, 2.75) is 25.6 Å². The van der Waals surface area contributed by atoms with E-state index < -0.39 is 12.2 Å². The lowest BCUT2D eigenvalue weighted by molar-refractivity contribution is 0.0189. The summed E-state index contributed by atoms with van der Waals surface area (Å²) in [5, 5.41) is 19.7. The Labute approximate surface area is 92.2 Å². The highest BCUT2D eigenvalue weighted by molar-refractivity contribution is 7.80. The van der Waals surface area contributed by atoms with Crippen LogP contribution in [0, 0.1) is 6.92 Å². The van der Waals surface area contributed by atoms with Crippen LogP contribution in [0.4, 0.5) is 5.13 Å². The van der Waals surface area contributed by atoms with Crippen LogP contribution in [0.5, 0.6) is 0 Å². The molecule has 0 amide bonds. The Morgan fingerprint density at radius 3 is 2.64 bits per heavy atom. The molecule has 1 rings (SSSR count). The van der Waals surface area contributed by atoms with Crippen LogP contribution in [-0.2, 0) is 0 Å². The average molecular weight is 234 g/mol. The minimum absolute atomic E-state index is 0.412. The zero-order valence-electron chi connectivity index (χ0n) is 7.84. The third-order valence-corrected chi connectivity index (χ3v) is 3.22. The molecule has 2 atom stereocenters. The molecule has 0 bridgehead atoms. The van der Waals surface area contributed by atoms with E-state index in [0.717, 1.165) is 0 Å². The molecule has 80 valence electrons. The Bertz CT molecular complexity index is 304. The second kappa shape index (κ2) is 4.97. The first-order valence-electron chi connectivity index (χ1n) is 4.26. The van der Waals surface area contributed by atoms with Crippen LogP contribution in [0.15, 0.2) is 0 Å². The van der Waals surface area contributed by atoms with Crippen LogP contribution in [0.1, 0.15) is 23.1 Å². The summed E-state index contributed by atoms with van der Waals surface area (Å²) >= 11 is 5.20. The predicted molar refractivity (Wildman–Crippen MR) is 60.7 cm³/mol. The first-order valence-corrected chi connectivity index (χ1v) is 5.71. The molecular formula is C8H14N2O2S2. The molecule has 0 aromatic carbocycles. The van der Waals surface area contributed by atoms with Gasteiger partial charge in [-0.25, -0.2) is 4.98 Å². The number of aliphatic hydroxyl groups is 2. The predicted octanol–water partition coefficient (Wildman–Crippen LogP) is 0.748. The van der Waals surface area contributed by atoms with Crippen molar-refractivity contribution in [3.8, 4) is 0 Å². The highest BCUT2D eigenvalue weighted by atomic mass is 32.1. The second-order valence-electron chi connectivity index (χ2n) is 3.03. The second-order valence-corrected chi connectivity index (χ2v) is 4.54. The van der Waals surface area contributed by atoms with Crippen LogP contribution < -0.4 is 5.73 Å². The summed E-state index contributed by atoms with van der Waals surface area (Å²) < 4.78 is 0. The third-order valence-electron chi connectivity index (χ3n) is 1.91. The fourth-order valence-corrected chi connectivity index (χ4v) is 2.31. The maximum absolute atomic E-state index is 9.75. The minimum Gasteiger partial charge on any atom is -0.390 e. The van der Waals surface area contributed by atoms with Gasteiger partial charge >= 0.3 is 0 Å². The Balaban J connectivity index is 2.77. The van der Waals surface area contributed by atoms with Gasteiger partial charge in [-0.3, -0.25) is 0 Å². The van der Waals surface area contributed by atoms with Gasteiger partial charge in [0.25, 0.3) is 0 Å². The van der Waals surface area contributed by atoms with Gasteiger partial charge < -0.3 is 15.9 Å². The van der Waals surface area contributed by atoms with Crippen molar-refractivity contribution < 1.29 is 10.2 Å². The first-order chi connectivity index (χ1) is 6.56. The highest BCUT2D eigenvalue weighted by Crippen LogP contribution is 2.29. The molecule has 1 aromatic heterocycles. The van der Waals surface area contributed by atoms with Gasteiger partial charge in [0.1, 0.15) is 6.10 Å². The van der Waals surface area contributed by atoms with E-state index in [1.54, 1.807) is 6.92 Å². The number of thiazole rings is 1. The van der Waals surface area contributed by atoms with Crippen molar-refractivity contribution in [3.05, 3.63) is 10.6 Å². The van der Waals surface area contributed by atoms with Crippen molar-refractivity contribution in [3.63, 3.8) is 0 Å². The summed E-state index contributed by atoms with van der Waals surface area (Å²) in [6.45, 7) is 1.76. The molecule has 0 aliphatic carbocycles. The van der Waals surface area contributed by atoms with Gasteiger partial charge in [-0.2, -0.15) is 12.6 Å². The lowest BCUT2D eigenvalue weighted by atomic mass is 10.1. The van der Waals surface area contributed by atoms with E-state index in [2.05, 4.69) is 17.6 Å². The number of aliphatic hydroxyl groups excluding tert-OH is 2. The first kappa shape index (κ1) is 11.8.